The molecule has 1 unspecified atom stereocenters. The number of carbonyl (C=O) groups is 1. The standard InChI is InChI=1S/C16H17N5O2S/c22-15(12-5-7-21(20-12)11-3-1-6-17-9-11)19-16-18-13(10-24-16)14-4-2-8-23-14/h2,4-5,7-8,10-11,17H,1,3,6,9H2,(H,18,19,22). The summed E-state index contributed by atoms with van der Waals surface area (Å²) in [7, 11) is 0. The number of nitrogens with zero attached hydrogens (tertiary/aromatic N) is 3. The number of anilines is 1. The molecular weight excluding hydrogens is 326 g/mol. The summed E-state index contributed by atoms with van der Waals surface area (Å²) in [6, 6.07) is 5.69. The van der Waals surface area contributed by atoms with Crippen molar-refractivity contribution in [1.82, 2.24) is 20.1 Å². The van der Waals surface area contributed by atoms with Crippen LogP contribution in [0.1, 0.15) is 29.4 Å². The fraction of sp³-hybridized carbons (Fsp3) is 0.312. The van der Waals surface area contributed by atoms with Crippen molar-refractivity contribution in [2.24, 2.45) is 0 Å². The molecule has 4 rings (SSSR count). The number of thiazole rings is 1. The van der Waals surface area contributed by atoms with E-state index in [1.807, 2.05) is 22.3 Å². The van der Waals surface area contributed by atoms with Gasteiger partial charge in [-0.15, -0.1) is 11.3 Å². The SMILES string of the molecule is O=C(Nc1nc(-c2ccco2)cs1)c1ccn(C2CCCNC2)n1. The molecule has 0 saturated carbocycles. The Balaban J connectivity index is 1.44. The number of carbonyl (C=O) groups excluding carboxylic acids is 1. The van der Waals surface area contributed by atoms with Gasteiger partial charge in [0.1, 0.15) is 5.69 Å². The van der Waals surface area contributed by atoms with Crippen molar-refractivity contribution in [3.63, 3.8) is 0 Å². The summed E-state index contributed by atoms with van der Waals surface area (Å²) >= 11 is 1.36. The van der Waals surface area contributed by atoms with Crippen LogP contribution < -0.4 is 10.6 Å². The third kappa shape index (κ3) is 3.10. The summed E-state index contributed by atoms with van der Waals surface area (Å²) < 4.78 is 7.18. The van der Waals surface area contributed by atoms with Crippen LogP contribution in [-0.2, 0) is 0 Å². The van der Waals surface area contributed by atoms with Crippen LogP contribution in [0.4, 0.5) is 5.13 Å². The first-order chi connectivity index (χ1) is 11.8. The molecule has 124 valence electrons. The topological polar surface area (TPSA) is 85.0 Å². The number of piperidine rings is 1. The number of hydrogen-bond acceptors (Lipinski definition) is 6. The maximum absolute atomic E-state index is 12.3. The molecule has 1 amide bonds. The fourth-order valence-corrected chi connectivity index (χ4v) is 3.45. The molecule has 1 saturated heterocycles. The second-order valence-electron chi connectivity index (χ2n) is 5.65. The molecule has 1 atom stereocenters. The molecule has 3 aromatic heterocycles. The highest BCUT2D eigenvalue weighted by Gasteiger charge is 2.18. The van der Waals surface area contributed by atoms with Gasteiger partial charge in [0.25, 0.3) is 5.91 Å². The van der Waals surface area contributed by atoms with Crippen molar-refractivity contribution in [2.75, 3.05) is 18.4 Å². The number of amides is 1. The van der Waals surface area contributed by atoms with Gasteiger partial charge in [-0.1, -0.05) is 0 Å². The third-order valence-electron chi connectivity index (χ3n) is 3.98. The first-order valence-electron chi connectivity index (χ1n) is 7.86. The Morgan fingerprint density at radius 1 is 1.46 bits per heavy atom. The zero-order valence-electron chi connectivity index (χ0n) is 12.9. The molecule has 7 nitrogen and oxygen atoms in total. The Morgan fingerprint density at radius 2 is 2.42 bits per heavy atom. The Labute approximate surface area is 142 Å². The average molecular weight is 343 g/mol. The molecule has 4 heterocycles. The molecule has 8 heteroatoms. The van der Waals surface area contributed by atoms with E-state index in [0.29, 0.717) is 28.3 Å². The van der Waals surface area contributed by atoms with E-state index in [2.05, 4.69) is 20.7 Å². The van der Waals surface area contributed by atoms with Gasteiger partial charge >= 0.3 is 0 Å². The van der Waals surface area contributed by atoms with Crippen molar-refractivity contribution in [3.05, 3.63) is 41.7 Å². The van der Waals surface area contributed by atoms with Crippen molar-refractivity contribution in [2.45, 2.75) is 18.9 Å². The van der Waals surface area contributed by atoms with Crippen LogP contribution in [0.5, 0.6) is 0 Å². The molecule has 0 aliphatic carbocycles. The lowest BCUT2D eigenvalue weighted by Gasteiger charge is -2.22. The Kier molecular flexibility index (Phi) is 4.14. The lowest BCUT2D eigenvalue weighted by Crippen LogP contribution is -2.32. The summed E-state index contributed by atoms with van der Waals surface area (Å²) in [5.41, 5.74) is 1.11. The predicted molar refractivity (Wildman–Crippen MR) is 91.1 cm³/mol. The Hall–Kier alpha value is -2.45. The second-order valence-corrected chi connectivity index (χ2v) is 6.51. The number of rotatable bonds is 4. The van der Waals surface area contributed by atoms with Crippen molar-refractivity contribution in [3.8, 4) is 11.5 Å². The minimum absolute atomic E-state index is 0.252. The highest BCUT2D eigenvalue weighted by Crippen LogP contribution is 2.25. The maximum atomic E-state index is 12.3. The van der Waals surface area contributed by atoms with E-state index in [-0.39, 0.29) is 5.91 Å². The second kappa shape index (κ2) is 6.58. The Bertz CT molecular complexity index is 817. The van der Waals surface area contributed by atoms with Crippen molar-refractivity contribution in [1.29, 1.82) is 0 Å². The normalized spacial score (nSPS) is 17.8. The molecule has 0 bridgehead atoms. The largest absolute Gasteiger partial charge is 0.463 e. The van der Waals surface area contributed by atoms with Crippen molar-refractivity contribution >= 4 is 22.4 Å². The fourth-order valence-electron chi connectivity index (χ4n) is 2.75. The molecule has 0 spiro atoms. The Morgan fingerprint density at radius 3 is 3.21 bits per heavy atom. The van der Waals surface area contributed by atoms with E-state index in [4.69, 9.17) is 4.42 Å². The van der Waals surface area contributed by atoms with Gasteiger partial charge in [0, 0.05) is 18.1 Å². The summed E-state index contributed by atoms with van der Waals surface area (Å²) in [6.45, 7) is 1.94. The number of aromatic nitrogens is 3. The molecule has 3 aromatic rings. The van der Waals surface area contributed by atoms with Gasteiger partial charge in [-0.3, -0.25) is 14.8 Å². The quantitative estimate of drug-likeness (QED) is 0.761. The molecule has 24 heavy (non-hydrogen) atoms. The van der Waals surface area contributed by atoms with Crippen LogP contribution >= 0.6 is 11.3 Å². The van der Waals surface area contributed by atoms with Gasteiger partial charge in [0.05, 0.1) is 12.3 Å². The number of nitrogens with one attached hydrogen (secondary N) is 2. The van der Waals surface area contributed by atoms with Crippen LogP contribution in [0, 0.1) is 0 Å². The zero-order chi connectivity index (χ0) is 16.4. The van der Waals surface area contributed by atoms with Crippen LogP contribution in [0.25, 0.3) is 11.5 Å². The molecule has 1 fully saturated rings. The number of hydrogen-bond donors (Lipinski definition) is 2. The van der Waals surface area contributed by atoms with E-state index < -0.39 is 0 Å². The van der Waals surface area contributed by atoms with E-state index in [0.717, 1.165) is 25.9 Å². The first-order valence-corrected chi connectivity index (χ1v) is 8.74. The number of furan rings is 1. The molecule has 1 aliphatic heterocycles. The third-order valence-corrected chi connectivity index (χ3v) is 4.74. The molecule has 0 aromatic carbocycles. The molecule has 2 N–H and O–H groups in total. The monoisotopic (exact) mass is 343 g/mol. The van der Waals surface area contributed by atoms with Crippen molar-refractivity contribution < 1.29 is 9.21 Å². The predicted octanol–water partition coefficient (Wildman–Crippen LogP) is 2.78. The van der Waals surface area contributed by atoms with Gasteiger partial charge in [0.15, 0.2) is 16.6 Å². The van der Waals surface area contributed by atoms with Crippen LogP contribution in [0.15, 0.2) is 40.5 Å². The van der Waals surface area contributed by atoms with Gasteiger partial charge in [-0.05, 0) is 37.6 Å². The van der Waals surface area contributed by atoms with Gasteiger partial charge in [-0.25, -0.2) is 4.98 Å². The van der Waals surface area contributed by atoms with Gasteiger partial charge in [0.2, 0.25) is 0 Å². The first kappa shape index (κ1) is 15.1. The molecular formula is C16H17N5O2S. The van der Waals surface area contributed by atoms with E-state index in [9.17, 15) is 4.79 Å². The van der Waals surface area contributed by atoms with Crippen LogP contribution in [0.2, 0.25) is 0 Å². The van der Waals surface area contributed by atoms with E-state index in [1.165, 1.54) is 11.3 Å². The highest BCUT2D eigenvalue weighted by molar-refractivity contribution is 7.14. The van der Waals surface area contributed by atoms with E-state index >= 15 is 0 Å². The molecule has 1 aliphatic rings. The minimum atomic E-state index is -0.252. The van der Waals surface area contributed by atoms with E-state index in [1.54, 1.807) is 18.4 Å². The summed E-state index contributed by atoms with van der Waals surface area (Å²) in [6.07, 6.45) is 5.66. The summed E-state index contributed by atoms with van der Waals surface area (Å²) in [5, 5.41) is 12.9. The molecule has 0 radical (unpaired) electrons. The van der Waals surface area contributed by atoms with Gasteiger partial charge in [-0.2, -0.15) is 5.10 Å². The highest BCUT2D eigenvalue weighted by atomic mass is 32.1. The van der Waals surface area contributed by atoms with Gasteiger partial charge < -0.3 is 9.73 Å². The minimum Gasteiger partial charge on any atom is -0.463 e. The van der Waals surface area contributed by atoms with Crippen LogP contribution in [0.3, 0.4) is 0 Å². The van der Waals surface area contributed by atoms with Crippen LogP contribution in [-0.4, -0.2) is 33.8 Å². The zero-order valence-corrected chi connectivity index (χ0v) is 13.8. The summed E-state index contributed by atoms with van der Waals surface area (Å²) in [5.74, 6) is 0.429. The summed E-state index contributed by atoms with van der Waals surface area (Å²) in [4.78, 5) is 16.7. The maximum Gasteiger partial charge on any atom is 0.277 e. The lowest BCUT2D eigenvalue weighted by atomic mass is 10.1. The average Bonchev–Trinajstić information content (AvgIpc) is 3.36. The lowest BCUT2D eigenvalue weighted by molar-refractivity contribution is 0.102. The smallest absolute Gasteiger partial charge is 0.277 e.